The van der Waals surface area contributed by atoms with Crippen LogP contribution in [0, 0.1) is 6.92 Å². The van der Waals surface area contributed by atoms with E-state index in [1.54, 1.807) is 36.1 Å². The van der Waals surface area contributed by atoms with Crippen molar-refractivity contribution in [3.63, 3.8) is 0 Å². The molecule has 1 N–H and O–H groups in total. The number of ether oxygens (including phenoxy) is 1. The van der Waals surface area contributed by atoms with Crippen molar-refractivity contribution in [1.82, 2.24) is 14.9 Å². The summed E-state index contributed by atoms with van der Waals surface area (Å²) in [6.07, 6.45) is 1.79. The number of nitrogens with zero attached hydrogens (tertiary/aromatic N) is 2. The lowest BCUT2D eigenvalue weighted by Crippen LogP contribution is -2.42. The zero-order valence-corrected chi connectivity index (χ0v) is 14.8. The summed E-state index contributed by atoms with van der Waals surface area (Å²) >= 11 is 5.83. The maximum Gasteiger partial charge on any atom is 0.260 e. The molecule has 0 saturated carbocycles. The van der Waals surface area contributed by atoms with E-state index < -0.39 is 0 Å². The molecule has 1 amide bonds. The number of hydrogen-bond acceptors (Lipinski definition) is 4. The molecule has 7 heteroatoms. The van der Waals surface area contributed by atoms with Crippen molar-refractivity contribution in [3.8, 4) is 5.75 Å². The number of piperidine rings is 1. The number of halogens is 1. The van der Waals surface area contributed by atoms with Crippen LogP contribution < -0.4 is 10.3 Å². The number of aromatic amines is 1. The Hall–Kier alpha value is -2.34. The van der Waals surface area contributed by atoms with Crippen LogP contribution in [0.15, 0.2) is 35.1 Å². The molecule has 0 unspecified atom stereocenters. The van der Waals surface area contributed by atoms with Crippen LogP contribution in [0.25, 0.3) is 0 Å². The maximum absolute atomic E-state index is 12.4. The maximum atomic E-state index is 12.4. The SMILES string of the molecule is Cc1nc([C@H]2CCCN(C(=O)COc3ccc(Cl)cc3)C2)cc(=O)[nH]1. The topological polar surface area (TPSA) is 75.3 Å². The highest BCUT2D eigenvalue weighted by atomic mass is 35.5. The van der Waals surface area contributed by atoms with E-state index in [1.807, 2.05) is 0 Å². The number of aryl methyl sites for hydroxylation is 1. The molecular formula is C18H20ClN3O3. The second-order valence-electron chi connectivity index (χ2n) is 6.18. The van der Waals surface area contributed by atoms with Gasteiger partial charge in [0.15, 0.2) is 6.61 Å². The van der Waals surface area contributed by atoms with Crippen LogP contribution in [0.1, 0.15) is 30.3 Å². The summed E-state index contributed by atoms with van der Waals surface area (Å²) in [6.45, 7) is 2.99. The molecule has 3 rings (SSSR count). The smallest absolute Gasteiger partial charge is 0.260 e. The molecule has 1 saturated heterocycles. The molecule has 25 heavy (non-hydrogen) atoms. The molecule has 0 bridgehead atoms. The fourth-order valence-electron chi connectivity index (χ4n) is 3.02. The molecule has 2 aromatic rings. The Morgan fingerprint density at radius 2 is 2.16 bits per heavy atom. The standard InChI is InChI=1S/C18H20ClN3O3/c1-12-20-16(9-17(23)21-12)13-3-2-8-22(10-13)18(24)11-25-15-6-4-14(19)5-7-15/h4-7,9,13H,2-3,8,10-11H2,1H3,(H,20,21,23)/t13-/m0/s1. The van der Waals surface area contributed by atoms with Crippen LogP contribution in [0.3, 0.4) is 0 Å². The summed E-state index contributed by atoms with van der Waals surface area (Å²) in [4.78, 5) is 32.9. The van der Waals surface area contributed by atoms with Gasteiger partial charge in [-0.1, -0.05) is 11.6 Å². The van der Waals surface area contributed by atoms with Gasteiger partial charge in [-0.05, 0) is 44.0 Å². The minimum absolute atomic E-state index is 0.0177. The largest absolute Gasteiger partial charge is 0.484 e. The molecule has 1 atom stereocenters. The van der Waals surface area contributed by atoms with E-state index in [4.69, 9.17) is 16.3 Å². The van der Waals surface area contributed by atoms with E-state index in [9.17, 15) is 9.59 Å². The molecule has 1 aliphatic heterocycles. The third-order valence-corrected chi connectivity index (χ3v) is 4.50. The molecule has 0 aliphatic carbocycles. The van der Waals surface area contributed by atoms with Crippen LogP contribution in [0.4, 0.5) is 0 Å². The van der Waals surface area contributed by atoms with Gasteiger partial charge in [0.1, 0.15) is 11.6 Å². The summed E-state index contributed by atoms with van der Waals surface area (Å²) in [7, 11) is 0. The molecular weight excluding hydrogens is 342 g/mol. The molecule has 132 valence electrons. The van der Waals surface area contributed by atoms with Gasteiger partial charge in [-0.3, -0.25) is 9.59 Å². The summed E-state index contributed by atoms with van der Waals surface area (Å²) < 4.78 is 5.53. The fraction of sp³-hybridized carbons (Fsp3) is 0.389. The minimum Gasteiger partial charge on any atom is -0.484 e. The first-order chi connectivity index (χ1) is 12.0. The lowest BCUT2D eigenvalue weighted by molar-refractivity contribution is -0.134. The fourth-order valence-corrected chi connectivity index (χ4v) is 3.15. The highest BCUT2D eigenvalue weighted by Crippen LogP contribution is 2.25. The van der Waals surface area contributed by atoms with Gasteiger partial charge in [0.05, 0.1) is 5.69 Å². The summed E-state index contributed by atoms with van der Waals surface area (Å²) in [5.41, 5.74) is 0.592. The van der Waals surface area contributed by atoms with Gasteiger partial charge in [0.25, 0.3) is 11.5 Å². The number of rotatable bonds is 4. The number of aromatic nitrogens is 2. The van der Waals surface area contributed by atoms with E-state index in [2.05, 4.69) is 9.97 Å². The van der Waals surface area contributed by atoms with Crippen molar-refractivity contribution in [2.75, 3.05) is 19.7 Å². The van der Waals surface area contributed by atoms with E-state index >= 15 is 0 Å². The second kappa shape index (κ2) is 7.70. The number of carbonyl (C=O) groups excluding carboxylic acids is 1. The summed E-state index contributed by atoms with van der Waals surface area (Å²) in [5.74, 6) is 1.21. The summed E-state index contributed by atoms with van der Waals surface area (Å²) in [6, 6.07) is 8.43. The number of likely N-dealkylation sites (tertiary alicyclic amines) is 1. The number of amides is 1. The van der Waals surface area contributed by atoms with Gasteiger partial charge >= 0.3 is 0 Å². The highest BCUT2D eigenvalue weighted by molar-refractivity contribution is 6.30. The van der Waals surface area contributed by atoms with Crippen LogP contribution in [-0.2, 0) is 4.79 Å². The lowest BCUT2D eigenvalue weighted by atomic mass is 9.94. The molecule has 1 aliphatic rings. The average Bonchev–Trinajstić information content (AvgIpc) is 2.60. The third-order valence-electron chi connectivity index (χ3n) is 4.25. The Balaban J connectivity index is 1.61. The van der Waals surface area contributed by atoms with Crippen molar-refractivity contribution in [3.05, 3.63) is 57.2 Å². The van der Waals surface area contributed by atoms with Gasteiger partial charge in [0.2, 0.25) is 0 Å². The van der Waals surface area contributed by atoms with E-state index in [-0.39, 0.29) is 24.0 Å². The Morgan fingerprint density at radius 1 is 1.40 bits per heavy atom. The van der Waals surface area contributed by atoms with E-state index in [0.717, 1.165) is 18.5 Å². The van der Waals surface area contributed by atoms with Crippen molar-refractivity contribution in [2.45, 2.75) is 25.7 Å². The molecule has 1 fully saturated rings. The first-order valence-electron chi connectivity index (χ1n) is 8.25. The van der Waals surface area contributed by atoms with Gasteiger partial charge in [-0.25, -0.2) is 4.98 Å². The first-order valence-corrected chi connectivity index (χ1v) is 8.63. The molecule has 0 spiro atoms. The van der Waals surface area contributed by atoms with E-state index in [0.29, 0.717) is 29.7 Å². The van der Waals surface area contributed by atoms with Crippen LogP contribution in [0.2, 0.25) is 5.02 Å². The predicted octanol–water partition coefficient (Wildman–Crippen LogP) is 2.52. The van der Waals surface area contributed by atoms with Crippen LogP contribution in [-0.4, -0.2) is 40.5 Å². The Morgan fingerprint density at radius 3 is 2.88 bits per heavy atom. The highest BCUT2D eigenvalue weighted by Gasteiger charge is 2.26. The molecule has 0 radical (unpaired) electrons. The number of carbonyl (C=O) groups is 1. The molecule has 1 aromatic heterocycles. The van der Waals surface area contributed by atoms with Crippen LogP contribution in [0.5, 0.6) is 5.75 Å². The van der Waals surface area contributed by atoms with Crippen molar-refractivity contribution >= 4 is 17.5 Å². The number of benzene rings is 1. The third kappa shape index (κ3) is 4.60. The van der Waals surface area contributed by atoms with Crippen molar-refractivity contribution in [2.24, 2.45) is 0 Å². The predicted molar refractivity (Wildman–Crippen MR) is 95.1 cm³/mol. The van der Waals surface area contributed by atoms with Gasteiger partial charge in [-0.2, -0.15) is 0 Å². The lowest BCUT2D eigenvalue weighted by Gasteiger charge is -2.32. The van der Waals surface area contributed by atoms with Gasteiger partial charge in [0, 0.05) is 30.1 Å². The molecule has 6 nitrogen and oxygen atoms in total. The van der Waals surface area contributed by atoms with E-state index in [1.165, 1.54) is 6.07 Å². The second-order valence-corrected chi connectivity index (χ2v) is 6.61. The quantitative estimate of drug-likeness (QED) is 0.907. The number of H-pyrrole nitrogens is 1. The molecule has 1 aromatic carbocycles. The molecule has 2 heterocycles. The van der Waals surface area contributed by atoms with Crippen LogP contribution >= 0.6 is 11.6 Å². The minimum atomic E-state index is -0.156. The van der Waals surface area contributed by atoms with Gasteiger partial charge < -0.3 is 14.6 Å². The zero-order valence-electron chi connectivity index (χ0n) is 14.0. The van der Waals surface area contributed by atoms with Gasteiger partial charge in [-0.15, -0.1) is 0 Å². The summed E-state index contributed by atoms with van der Waals surface area (Å²) in [5, 5.41) is 0.623. The Kier molecular flexibility index (Phi) is 5.38. The average molecular weight is 362 g/mol. The Labute approximate surface area is 150 Å². The normalized spacial score (nSPS) is 17.4. The van der Waals surface area contributed by atoms with Crippen molar-refractivity contribution in [1.29, 1.82) is 0 Å². The zero-order chi connectivity index (χ0) is 17.8. The van der Waals surface area contributed by atoms with Crippen molar-refractivity contribution < 1.29 is 9.53 Å². The first kappa shape index (κ1) is 17.5. The Bertz CT molecular complexity index is 804. The monoisotopic (exact) mass is 361 g/mol. The number of hydrogen-bond donors (Lipinski definition) is 1. The number of nitrogens with one attached hydrogen (secondary N) is 1.